The highest BCUT2D eigenvalue weighted by atomic mass is 35.5. The van der Waals surface area contributed by atoms with Gasteiger partial charge in [0.1, 0.15) is 5.60 Å². The summed E-state index contributed by atoms with van der Waals surface area (Å²) in [6.45, 7) is 8.19. The lowest BCUT2D eigenvalue weighted by atomic mass is 10.1. The molecule has 3 heterocycles. The Bertz CT molecular complexity index is 883. The highest BCUT2D eigenvalue weighted by Crippen LogP contribution is 2.33. The monoisotopic (exact) mass is 400 g/mol. The normalized spacial score (nSPS) is 21.9. The predicted octanol–water partition coefficient (Wildman–Crippen LogP) is 3.99. The lowest BCUT2D eigenvalue weighted by Gasteiger charge is -2.35. The second-order valence-electron chi connectivity index (χ2n) is 8.52. The summed E-state index contributed by atoms with van der Waals surface area (Å²) in [6.07, 6.45) is 2.49. The molecule has 2 bridgehead atoms. The Morgan fingerprint density at radius 1 is 1.25 bits per heavy atom. The summed E-state index contributed by atoms with van der Waals surface area (Å²) in [6, 6.07) is 10.8. The molecule has 0 spiro atoms. The fourth-order valence-electron chi connectivity index (χ4n) is 4.05. The first-order chi connectivity index (χ1) is 13.3. The number of hydrogen-bond acceptors (Lipinski definition) is 5. The van der Waals surface area contributed by atoms with Crippen LogP contribution in [0, 0.1) is 0 Å². The minimum absolute atomic E-state index is 0.192. The molecule has 2 aromatic rings. The minimum atomic E-state index is -0.455. The van der Waals surface area contributed by atoms with Gasteiger partial charge in [-0.1, -0.05) is 18.2 Å². The van der Waals surface area contributed by atoms with Crippen molar-refractivity contribution in [2.75, 3.05) is 13.1 Å². The first kappa shape index (κ1) is 19.2. The Labute approximate surface area is 170 Å². The molecule has 2 atom stereocenters. The maximum absolute atomic E-state index is 12.4. The first-order valence-electron chi connectivity index (χ1n) is 9.60. The van der Waals surface area contributed by atoms with Crippen LogP contribution in [0.2, 0.25) is 5.28 Å². The molecule has 0 aliphatic carbocycles. The molecule has 148 valence electrons. The van der Waals surface area contributed by atoms with Gasteiger partial charge in [0.2, 0.25) is 5.28 Å². The van der Waals surface area contributed by atoms with E-state index in [1.165, 1.54) is 5.56 Å². The zero-order chi connectivity index (χ0) is 19.9. The summed E-state index contributed by atoms with van der Waals surface area (Å²) in [4.78, 5) is 25.0. The average Bonchev–Trinajstić information content (AvgIpc) is 3.21. The van der Waals surface area contributed by atoms with Gasteiger partial charge in [-0.3, -0.25) is 4.90 Å². The maximum atomic E-state index is 12.4. The minimum Gasteiger partial charge on any atom is -0.444 e. The van der Waals surface area contributed by atoms with Crippen molar-refractivity contribution in [3.8, 4) is 11.3 Å². The number of likely N-dealkylation sites (tertiary alicyclic amines) is 2. The van der Waals surface area contributed by atoms with Gasteiger partial charge in [-0.2, -0.15) is 0 Å². The van der Waals surface area contributed by atoms with E-state index >= 15 is 0 Å². The molecule has 1 amide bonds. The third kappa shape index (κ3) is 4.13. The van der Waals surface area contributed by atoms with E-state index in [1.54, 1.807) is 6.20 Å². The number of carbonyl (C=O) groups is 1. The highest BCUT2D eigenvalue weighted by molar-refractivity contribution is 6.28. The predicted molar refractivity (Wildman–Crippen MR) is 108 cm³/mol. The molecule has 6 nitrogen and oxygen atoms in total. The Balaban J connectivity index is 1.41. The van der Waals surface area contributed by atoms with E-state index in [4.69, 9.17) is 16.3 Å². The fourth-order valence-corrected chi connectivity index (χ4v) is 4.19. The molecular formula is C21H25ClN4O2. The van der Waals surface area contributed by atoms with E-state index in [9.17, 15) is 4.79 Å². The smallest absolute Gasteiger partial charge is 0.410 e. The number of benzene rings is 1. The molecule has 28 heavy (non-hydrogen) atoms. The first-order valence-corrected chi connectivity index (χ1v) is 9.98. The lowest BCUT2D eigenvalue weighted by Crippen LogP contribution is -2.49. The highest BCUT2D eigenvalue weighted by Gasteiger charge is 2.46. The molecule has 1 aromatic carbocycles. The summed E-state index contributed by atoms with van der Waals surface area (Å²) in [5, 5.41) is 0.252. The van der Waals surface area contributed by atoms with Crippen LogP contribution in [0.5, 0.6) is 0 Å². The quantitative estimate of drug-likeness (QED) is 0.729. The average molecular weight is 401 g/mol. The molecule has 2 aliphatic rings. The number of hydrogen-bond donors (Lipinski definition) is 0. The molecule has 0 saturated carbocycles. The van der Waals surface area contributed by atoms with Crippen molar-refractivity contribution < 1.29 is 9.53 Å². The Kier molecular flexibility index (Phi) is 5.02. The third-order valence-electron chi connectivity index (χ3n) is 5.22. The summed E-state index contributed by atoms with van der Waals surface area (Å²) in [5.74, 6) is 0. The number of halogens is 1. The van der Waals surface area contributed by atoms with Crippen LogP contribution in [0.4, 0.5) is 4.79 Å². The van der Waals surface area contributed by atoms with E-state index in [2.05, 4.69) is 27.0 Å². The summed E-state index contributed by atoms with van der Waals surface area (Å²) < 4.78 is 5.55. The zero-order valence-electron chi connectivity index (χ0n) is 16.4. The second-order valence-corrected chi connectivity index (χ2v) is 8.85. The number of fused-ring (bicyclic) bond motifs is 2. The number of piperazine rings is 1. The number of carbonyl (C=O) groups excluding carboxylic acids is 1. The second kappa shape index (κ2) is 7.33. The molecule has 0 N–H and O–H groups in total. The Morgan fingerprint density at radius 2 is 2.07 bits per heavy atom. The Hall–Kier alpha value is -2.18. The van der Waals surface area contributed by atoms with Gasteiger partial charge in [0.05, 0.1) is 5.69 Å². The van der Waals surface area contributed by atoms with E-state index in [-0.39, 0.29) is 17.4 Å². The van der Waals surface area contributed by atoms with Gasteiger partial charge in [0.15, 0.2) is 0 Å². The van der Waals surface area contributed by atoms with Gasteiger partial charge in [-0.25, -0.2) is 14.8 Å². The molecule has 2 fully saturated rings. The van der Waals surface area contributed by atoms with Gasteiger partial charge in [0.25, 0.3) is 0 Å². The van der Waals surface area contributed by atoms with E-state index in [0.29, 0.717) is 6.04 Å². The van der Waals surface area contributed by atoms with Crippen molar-refractivity contribution in [3.63, 3.8) is 0 Å². The topological polar surface area (TPSA) is 58.6 Å². The van der Waals surface area contributed by atoms with Crippen LogP contribution >= 0.6 is 11.6 Å². The number of rotatable bonds is 3. The SMILES string of the molecule is CC(C)(C)OC(=O)N1CC2CC1CN2Cc1cccc(-c2ccnc(Cl)n2)c1. The summed E-state index contributed by atoms with van der Waals surface area (Å²) >= 11 is 5.92. The van der Waals surface area contributed by atoms with Crippen LogP contribution in [0.3, 0.4) is 0 Å². The van der Waals surface area contributed by atoms with Crippen LogP contribution in [-0.2, 0) is 11.3 Å². The van der Waals surface area contributed by atoms with Crippen LogP contribution < -0.4 is 0 Å². The lowest BCUT2D eigenvalue weighted by molar-refractivity contribution is 0.0124. The van der Waals surface area contributed by atoms with Gasteiger partial charge < -0.3 is 9.64 Å². The van der Waals surface area contributed by atoms with Crippen LogP contribution in [-0.4, -0.2) is 56.6 Å². The van der Waals surface area contributed by atoms with Crippen molar-refractivity contribution in [2.45, 2.75) is 51.4 Å². The van der Waals surface area contributed by atoms with Crippen molar-refractivity contribution in [1.29, 1.82) is 0 Å². The summed E-state index contributed by atoms with van der Waals surface area (Å²) in [5.41, 5.74) is 2.62. The van der Waals surface area contributed by atoms with E-state index in [1.807, 2.05) is 43.9 Å². The zero-order valence-corrected chi connectivity index (χ0v) is 17.2. The molecule has 2 saturated heterocycles. The van der Waals surface area contributed by atoms with Crippen molar-refractivity contribution in [2.24, 2.45) is 0 Å². The number of nitrogens with zero attached hydrogens (tertiary/aromatic N) is 4. The molecule has 2 aliphatic heterocycles. The van der Waals surface area contributed by atoms with Crippen LogP contribution in [0.15, 0.2) is 36.5 Å². The molecule has 1 aromatic heterocycles. The molecule has 2 unspecified atom stereocenters. The van der Waals surface area contributed by atoms with E-state index < -0.39 is 5.60 Å². The molecule has 4 rings (SSSR count). The van der Waals surface area contributed by atoms with Gasteiger partial charge >= 0.3 is 6.09 Å². The Morgan fingerprint density at radius 3 is 2.75 bits per heavy atom. The van der Waals surface area contributed by atoms with Gasteiger partial charge in [-0.05, 0) is 56.5 Å². The standard InChI is InChI=1S/C21H25ClN4O2/c1-21(2,3)28-20(27)26-13-16-10-17(26)12-25(16)11-14-5-4-6-15(9-14)18-7-8-23-19(22)24-18/h4-9,16-17H,10-13H2,1-3H3. The van der Waals surface area contributed by atoms with Crippen molar-refractivity contribution in [1.82, 2.24) is 19.8 Å². The largest absolute Gasteiger partial charge is 0.444 e. The number of ether oxygens (including phenoxy) is 1. The van der Waals surface area contributed by atoms with Gasteiger partial charge in [0, 0.05) is 43.5 Å². The van der Waals surface area contributed by atoms with Crippen molar-refractivity contribution >= 4 is 17.7 Å². The van der Waals surface area contributed by atoms with Crippen LogP contribution in [0.1, 0.15) is 32.8 Å². The van der Waals surface area contributed by atoms with Crippen LogP contribution in [0.25, 0.3) is 11.3 Å². The van der Waals surface area contributed by atoms with E-state index in [0.717, 1.165) is 37.3 Å². The summed E-state index contributed by atoms with van der Waals surface area (Å²) in [7, 11) is 0. The number of amides is 1. The maximum Gasteiger partial charge on any atom is 0.410 e. The fraction of sp³-hybridized carbons (Fsp3) is 0.476. The number of aromatic nitrogens is 2. The molecule has 0 radical (unpaired) electrons. The molecule has 7 heteroatoms. The van der Waals surface area contributed by atoms with Crippen molar-refractivity contribution in [3.05, 3.63) is 47.4 Å². The molecular weight excluding hydrogens is 376 g/mol. The van der Waals surface area contributed by atoms with Gasteiger partial charge in [-0.15, -0.1) is 0 Å². The third-order valence-corrected chi connectivity index (χ3v) is 5.40.